The Morgan fingerprint density at radius 2 is 1.85 bits per heavy atom. The van der Waals surface area contributed by atoms with Gasteiger partial charge in [-0.2, -0.15) is 4.31 Å². The summed E-state index contributed by atoms with van der Waals surface area (Å²) in [6.45, 7) is 5.33. The molecule has 1 rings (SSSR count). The number of nitrogens with zero attached hydrogens (tertiary/aromatic N) is 1. The van der Waals surface area contributed by atoms with Gasteiger partial charge >= 0.3 is 0 Å². The van der Waals surface area contributed by atoms with E-state index in [1.54, 1.807) is 13.8 Å². The van der Waals surface area contributed by atoms with Crippen molar-refractivity contribution in [2.45, 2.75) is 32.1 Å². The van der Waals surface area contributed by atoms with Gasteiger partial charge in [0, 0.05) is 6.54 Å². The normalized spacial score (nSPS) is 11.8. The SMILES string of the molecule is CCCN(CC(N)=S)S(=O)(=O)c1c(C)cc(F)cc1C. The quantitative estimate of drug-likeness (QED) is 0.816. The average Bonchev–Trinajstić information content (AvgIpc) is 2.25. The second-order valence-corrected chi connectivity index (χ2v) is 7.07. The van der Waals surface area contributed by atoms with Crippen LogP contribution in [0.25, 0.3) is 0 Å². The Labute approximate surface area is 124 Å². The Hall–Kier alpha value is -1.05. The molecule has 0 spiro atoms. The lowest BCUT2D eigenvalue weighted by Crippen LogP contribution is -2.38. The van der Waals surface area contributed by atoms with Crippen LogP contribution in [0.4, 0.5) is 4.39 Å². The van der Waals surface area contributed by atoms with Gasteiger partial charge in [-0.15, -0.1) is 0 Å². The summed E-state index contributed by atoms with van der Waals surface area (Å²) in [6, 6.07) is 2.43. The zero-order valence-corrected chi connectivity index (χ0v) is 13.4. The minimum atomic E-state index is -3.74. The van der Waals surface area contributed by atoms with Crippen LogP contribution in [0.5, 0.6) is 0 Å². The summed E-state index contributed by atoms with van der Waals surface area (Å²) in [6.07, 6.45) is 0.640. The van der Waals surface area contributed by atoms with E-state index in [9.17, 15) is 12.8 Å². The Morgan fingerprint density at radius 1 is 1.35 bits per heavy atom. The number of halogens is 1. The molecule has 0 fully saturated rings. The summed E-state index contributed by atoms with van der Waals surface area (Å²) in [5, 5.41) is 0. The number of thiocarbonyl (C=S) groups is 1. The van der Waals surface area contributed by atoms with E-state index in [1.165, 1.54) is 16.4 Å². The topological polar surface area (TPSA) is 63.4 Å². The third-order valence-electron chi connectivity index (χ3n) is 2.83. The first-order valence-corrected chi connectivity index (χ1v) is 8.10. The van der Waals surface area contributed by atoms with Crippen LogP contribution in [0.2, 0.25) is 0 Å². The van der Waals surface area contributed by atoms with E-state index in [0.717, 1.165) is 0 Å². The number of rotatable bonds is 6. The van der Waals surface area contributed by atoms with Crippen molar-refractivity contribution in [3.8, 4) is 0 Å². The molecule has 20 heavy (non-hydrogen) atoms. The van der Waals surface area contributed by atoms with Crippen LogP contribution < -0.4 is 5.73 Å². The van der Waals surface area contributed by atoms with Gasteiger partial charge in [0.15, 0.2) is 0 Å². The second-order valence-electron chi connectivity index (χ2n) is 4.67. The molecule has 0 aromatic heterocycles. The fraction of sp³-hybridized carbons (Fsp3) is 0.462. The highest BCUT2D eigenvalue weighted by molar-refractivity contribution is 7.89. The summed E-state index contributed by atoms with van der Waals surface area (Å²) in [5.74, 6) is -0.449. The van der Waals surface area contributed by atoms with Gasteiger partial charge < -0.3 is 5.73 Å². The molecule has 1 aromatic carbocycles. The zero-order chi connectivity index (χ0) is 15.5. The molecule has 0 aliphatic rings. The van der Waals surface area contributed by atoms with Crippen LogP contribution in [0.15, 0.2) is 17.0 Å². The highest BCUT2D eigenvalue weighted by atomic mass is 32.2. The molecule has 0 bridgehead atoms. The Morgan fingerprint density at radius 3 is 2.25 bits per heavy atom. The Kier molecular flexibility index (Phi) is 5.61. The van der Waals surface area contributed by atoms with Gasteiger partial charge in [0.2, 0.25) is 10.0 Å². The highest BCUT2D eigenvalue weighted by Crippen LogP contribution is 2.25. The molecule has 1 aromatic rings. The van der Waals surface area contributed by atoms with Crippen molar-refractivity contribution in [3.05, 3.63) is 29.1 Å². The first kappa shape index (κ1) is 17.0. The van der Waals surface area contributed by atoms with E-state index in [-0.39, 0.29) is 16.4 Å². The molecule has 4 nitrogen and oxygen atoms in total. The van der Waals surface area contributed by atoms with Crippen molar-refractivity contribution in [3.63, 3.8) is 0 Å². The molecule has 0 amide bonds. The first-order chi connectivity index (χ1) is 9.20. The standard InChI is InChI=1S/C13H19FN2O2S2/c1-4-5-16(8-12(15)19)20(17,18)13-9(2)6-11(14)7-10(13)3/h6-7H,4-5,8H2,1-3H3,(H2,15,19). The average molecular weight is 318 g/mol. The van der Waals surface area contributed by atoms with Crippen LogP contribution >= 0.6 is 12.2 Å². The number of aryl methyl sites for hydroxylation is 2. The van der Waals surface area contributed by atoms with Gasteiger partial charge in [0.1, 0.15) is 5.82 Å². The molecule has 0 aliphatic heterocycles. The van der Waals surface area contributed by atoms with E-state index < -0.39 is 15.8 Å². The van der Waals surface area contributed by atoms with Gasteiger partial charge in [-0.05, 0) is 43.5 Å². The smallest absolute Gasteiger partial charge is 0.243 e. The van der Waals surface area contributed by atoms with E-state index >= 15 is 0 Å². The molecule has 0 heterocycles. The maximum atomic E-state index is 13.3. The van der Waals surface area contributed by atoms with Crippen LogP contribution in [-0.4, -0.2) is 30.8 Å². The molecule has 0 unspecified atom stereocenters. The summed E-state index contributed by atoms with van der Waals surface area (Å²) < 4.78 is 39.9. The Balaban J connectivity index is 3.37. The summed E-state index contributed by atoms with van der Waals surface area (Å²) in [5.41, 5.74) is 6.23. The van der Waals surface area contributed by atoms with Gasteiger partial charge in [-0.3, -0.25) is 0 Å². The number of sulfonamides is 1. The maximum Gasteiger partial charge on any atom is 0.243 e. The van der Waals surface area contributed by atoms with Crippen molar-refractivity contribution < 1.29 is 12.8 Å². The van der Waals surface area contributed by atoms with Crippen molar-refractivity contribution in [1.82, 2.24) is 4.31 Å². The lowest BCUT2D eigenvalue weighted by atomic mass is 10.1. The molecule has 7 heteroatoms. The molecule has 0 radical (unpaired) electrons. The van der Waals surface area contributed by atoms with Crippen LogP contribution in [0.1, 0.15) is 24.5 Å². The molecular formula is C13H19FN2O2S2. The van der Waals surface area contributed by atoms with Crippen LogP contribution in [0.3, 0.4) is 0 Å². The van der Waals surface area contributed by atoms with Gasteiger partial charge in [-0.1, -0.05) is 19.1 Å². The van der Waals surface area contributed by atoms with Crippen molar-refractivity contribution in [2.24, 2.45) is 5.73 Å². The first-order valence-electron chi connectivity index (χ1n) is 6.25. The van der Waals surface area contributed by atoms with Gasteiger partial charge in [0.05, 0.1) is 16.4 Å². The van der Waals surface area contributed by atoms with E-state index in [1.807, 2.05) is 6.92 Å². The third kappa shape index (κ3) is 3.74. The molecule has 2 N–H and O–H groups in total. The molecule has 0 aliphatic carbocycles. The minimum absolute atomic E-state index is 0.0121. The number of hydrogen-bond donors (Lipinski definition) is 1. The number of benzene rings is 1. The molecule has 0 atom stereocenters. The minimum Gasteiger partial charge on any atom is -0.392 e. The monoisotopic (exact) mass is 318 g/mol. The predicted molar refractivity (Wildman–Crippen MR) is 81.7 cm³/mol. The third-order valence-corrected chi connectivity index (χ3v) is 5.11. The predicted octanol–water partition coefficient (Wildman–Crippen LogP) is 2.13. The van der Waals surface area contributed by atoms with Crippen molar-refractivity contribution >= 4 is 27.2 Å². The maximum absolute atomic E-state index is 13.3. The summed E-state index contributed by atoms with van der Waals surface area (Å²) in [4.78, 5) is 0.239. The zero-order valence-electron chi connectivity index (χ0n) is 11.8. The fourth-order valence-electron chi connectivity index (χ4n) is 2.14. The highest BCUT2D eigenvalue weighted by Gasteiger charge is 2.27. The van der Waals surface area contributed by atoms with E-state index in [4.69, 9.17) is 18.0 Å². The molecular weight excluding hydrogens is 299 g/mol. The van der Waals surface area contributed by atoms with Crippen molar-refractivity contribution in [1.29, 1.82) is 0 Å². The van der Waals surface area contributed by atoms with Gasteiger partial charge in [-0.25, -0.2) is 12.8 Å². The molecule has 112 valence electrons. The fourth-order valence-corrected chi connectivity index (χ4v) is 4.30. The lowest BCUT2D eigenvalue weighted by Gasteiger charge is -2.23. The number of hydrogen-bond acceptors (Lipinski definition) is 3. The number of nitrogens with two attached hydrogens (primary N) is 1. The lowest BCUT2D eigenvalue weighted by molar-refractivity contribution is 0.448. The molecule has 0 saturated carbocycles. The van der Waals surface area contributed by atoms with Gasteiger partial charge in [0.25, 0.3) is 0 Å². The molecule has 0 saturated heterocycles. The van der Waals surface area contributed by atoms with Crippen molar-refractivity contribution in [2.75, 3.05) is 13.1 Å². The van der Waals surface area contributed by atoms with Crippen LogP contribution in [-0.2, 0) is 10.0 Å². The van der Waals surface area contributed by atoms with E-state index in [2.05, 4.69) is 0 Å². The Bertz CT molecular complexity index is 592. The second kappa shape index (κ2) is 6.60. The van der Waals surface area contributed by atoms with Crippen LogP contribution in [0, 0.1) is 19.7 Å². The largest absolute Gasteiger partial charge is 0.392 e. The summed E-state index contributed by atoms with van der Waals surface area (Å²) in [7, 11) is -3.74. The summed E-state index contributed by atoms with van der Waals surface area (Å²) >= 11 is 4.80. The van der Waals surface area contributed by atoms with E-state index in [0.29, 0.717) is 24.1 Å².